The first kappa shape index (κ1) is 11.4. The number of aliphatic carboxylic acids is 1. The quantitative estimate of drug-likeness (QED) is 0.886. The van der Waals surface area contributed by atoms with Gasteiger partial charge in [0.2, 0.25) is 0 Å². The highest BCUT2D eigenvalue weighted by atomic mass is 32.1. The van der Waals surface area contributed by atoms with Crippen LogP contribution in [0.5, 0.6) is 0 Å². The molecule has 1 aliphatic heterocycles. The summed E-state index contributed by atoms with van der Waals surface area (Å²) in [4.78, 5) is 19.8. The molecule has 2 aromatic heterocycles. The second-order valence-electron chi connectivity index (χ2n) is 4.40. The molecule has 0 atom stereocenters. The van der Waals surface area contributed by atoms with Crippen LogP contribution >= 0.6 is 11.3 Å². The lowest BCUT2D eigenvalue weighted by Crippen LogP contribution is -2.52. The van der Waals surface area contributed by atoms with E-state index >= 15 is 0 Å². The fraction of sp³-hybridized carbons (Fsp3) is 0.333. The standard InChI is InChI=1S/C12H12N2O3S/c1-7-9(12(11(15)16)5-17-6-12)18-10(14-7)8-3-2-4-13-8/h2-4,13H,5-6H2,1H3,(H,15,16). The van der Waals surface area contributed by atoms with Gasteiger partial charge in [-0.25, -0.2) is 4.98 Å². The van der Waals surface area contributed by atoms with Crippen molar-refractivity contribution < 1.29 is 14.6 Å². The first-order chi connectivity index (χ1) is 8.63. The van der Waals surface area contributed by atoms with E-state index in [0.29, 0.717) is 0 Å². The topological polar surface area (TPSA) is 75.2 Å². The molecule has 1 saturated heterocycles. The van der Waals surface area contributed by atoms with E-state index in [1.54, 1.807) is 0 Å². The third-order valence-corrected chi connectivity index (χ3v) is 4.56. The summed E-state index contributed by atoms with van der Waals surface area (Å²) in [5.41, 5.74) is 0.789. The van der Waals surface area contributed by atoms with Gasteiger partial charge in [-0.1, -0.05) is 0 Å². The van der Waals surface area contributed by atoms with Gasteiger partial charge in [0.15, 0.2) is 5.41 Å². The molecule has 2 aromatic rings. The molecule has 1 fully saturated rings. The predicted molar refractivity (Wildman–Crippen MR) is 66.8 cm³/mol. The number of thiazole rings is 1. The molecule has 18 heavy (non-hydrogen) atoms. The van der Waals surface area contributed by atoms with Crippen molar-refractivity contribution in [2.75, 3.05) is 13.2 Å². The molecule has 94 valence electrons. The Hall–Kier alpha value is -1.66. The summed E-state index contributed by atoms with van der Waals surface area (Å²) in [5.74, 6) is -0.835. The normalized spacial score (nSPS) is 17.4. The monoisotopic (exact) mass is 264 g/mol. The lowest BCUT2D eigenvalue weighted by Gasteiger charge is -2.36. The Kier molecular flexibility index (Phi) is 2.49. The van der Waals surface area contributed by atoms with Gasteiger partial charge in [0.25, 0.3) is 0 Å². The Bertz CT molecular complexity index is 584. The van der Waals surface area contributed by atoms with Crippen molar-refractivity contribution in [1.82, 2.24) is 9.97 Å². The first-order valence-electron chi connectivity index (χ1n) is 5.56. The van der Waals surface area contributed by atoms with Crippen LogP contribution in [0.15, 0.2) is 18.3 Å². The third-order valence-electron chi connectivity index (χ3n) is 3.17. The summed E-state index contributed by atoms with van der Waals surface area (Å²) < 4.78 is 5.10. The van der Waals surface area contributed by atoms with Crippen LogP contribution in [0.25, 0.3) is 10.7 Å². The van der Waals surface area contributed by atoms with Crippen LogP contribution in [0, 0.1) is 6.92 Å². The molecule has 0 aromatic carbocycles. The van der Waals surface area contributed by atoms with Crippen LogP contribution in [-0.4, -0.2) is 34.3 Å². The Morgan fingerprint density at radius 2 is 2.39 bits per heavy atom. The molecule has 0 saturated carbocycles. The van der Waals surface area contributed by atoms with Crippen molar-refractivity contribution in [1.29, 1.82) is 0 Å². The minimum absolute atomic E-state index is 0.232. The van der Waals surface area contributed by atoms with Crippen LogP contribution in [0.4, 0.5) is 0 Å². The molecule has 6 heteroatoms. The molecule has 0 spiro atoms. The van der Waals surface area contributed by atoms with Gasteiger partial charge in [-0.3, -0.25) is 4.79 Å². The number of carboxylic acid groups (broad SMARTS) is 1. The van der Waals surface area contributed by atoms with E-state index in [0.717, 1.165) is 21.3 Å². The number of aromatic nitrogens is 2. The molecule has 0 aliphatic carbocycles. The van der Waals surface area contributed by atoms with Crippen molar-refractivity contribution in [2.45, 2.75) is 12.3 Å². The molecule has 5 nitrogen and oxygen atoms in total. The molecular formula is C12H12N2O3S. The SMILES string of the molecule is Cc1nc(-c2ccc[nH]2)sc1C1(C(=O)O)COC1. The maximum Gasteiger partial charge on any atom is 0.319 e. The molecule has 1 aliphatic rings. The largest absolute Gasteiger partial charge is 0.480 e. The van der Waals surface area contributed by atoms with Crippen LogP contribution < -0.4 is 0 Å². The number of carbonyl (C=O) groups is 1. The van der Waals surface area contributed by atoms with Gasteiger partial charge in [-0.2, -0.15) is 0 Å². The minimum atomic E-state index is -0.896. The van der Waals surface area contributed by atoms with Gasteiger partial charge < -0.3 is 14.8 Å². The Morgan fingerprint density at radius 3 is 2.89 bits per heavy atom. The van der Waals surface area contributed by atoms with Crippen molar-refractivity contribution in [3.8, 4) is 10.7 Å². The van der Waals surface area contributed by atoms with E-state index in [9.17, 15) is 9.90 Å². The van der Waals surface area contributed by atoms with E-state index in [4.69, 9.17) is 4.74 Å². The maximum absolute atomic E-state index is 11.4. The predicted octanol–water partition coefficient (Wildman–Crippen LogP) is 1.80. The van der Waals surface area contributed by atoms with Gasteiger partial charge >= 0.3 is 5.97 Å². The van der Waals surface area contributed by atoms with Crippen molar-refractivity contribution >= 4 is 17.3 Å². The Morgan fingerprint density at radius 1 is 1.61 bits per heavy atom. The van der Waals surface area contributed by atoms with Gasteiger partial charge in [0.1, 0.15) is 5.01 Å². The third kappa shape index (κ3) is 1.49. The lowest BCUT2D eigenvalue weighted by molar-refractivity contribution is -0.162. The molecule has 0 bridgehead atoms. The number of H-pyrrole nitrogens is 1. The van der Waals surface area contributed by atoms with Crippen LogP contribution in [0.3, 0.4) is 0 Å². The molecule has 0 unspecified atom stereocenters. The van der Waals surface area contributed by atoms with E-state index in [2.05, 4.69) is 9.97 Å². The molecule has 0 amide bonds. The summed E-state index contributed by atoms with van der Waals surface area (Å²) >= 11 is 1.43. The van der Waals surface area contributed by atoms with Crippen LogP contribution in [-0.2, 0) is 14.9 Å². The molecule has 2 N–H and O–H groups in total. The zero-order valence-electron chi connectivity index (χ0n) is 9.77. The number of hydrogen-bond donors (Lipinski definition) is 2. The highest BCUT2D eigenvalue weighted by Crippen LogP contribution is 2.40. The van der Waals surface area contributed by atoms with E-state index < -0.39 is 11.4 Å². The minimum Gasteiger partial charge on any atom is -0.480 e. The number of rotatable bonds is 3. The van der Waals surface area contributed by atoms with Crippen molar-refractivity contribution in [3.05, 3.63) is 28.9 Å². The average molecular weight is 264 g/mol. The fourth-order valence-electron chi connectivity index (χ4n) is 2.08. The summed E-state index contributed by atoms with van der Waals surface area (Å²) in [6.07, 6.45) is 1.82. The van der Waals surface area contributed by atoms with Crippen LogP contribution in [0.1, 0.15) is 10.6 Å². The molecule has 3 heterocycles. The van der Waals surface area contributed by atoms with E-state index in [1.807, 2.05) is 25.3 Å². The number of nitrogens with zero attached hydrogens (tertiary/aromatic N) is 1. The molecule has 0 radical (unpaired) electrons. The number of aromatic amines is 1. The number of nitrogens with one attached hydrogen (secondary N) is 1. The zero-order chi connectivity index (χ0) is 12.8. The van der Waals surface area contributed by atoms with Gasteiger partial charge in [-0.15, -0.1) is 11.3 Å². The summed E-state index contributed by atoms with van der Waals surface area (Å²) in [6, 6.07) is 3.82. The number of ether oxygens (including phenoxy) is 1. The molecule has 3 rings (SSSR count). The highest BCUT2D eigenvalue weighted by Gasteiger charge is 2.50. The number of hydrogen-bond acceptors (Lipinski definition) is 4. The summed E-state index contributed by atoms with van der Waals surface area (Å²) in [5, 5.41) is 10.2. The van der Waals surface area contributed by atoms with Crippen LogP contribution in [0.2, 0.25) is 0 Å². The number of aryl methyl sites for hydroxylation is 1. The average Bonchev–Trinajstić information content (AvgIpc) is 2.86. The number of carboxylic acids is 1. The fourth-order valence-corrected chi connectivity index (χ4v) is 3.28. The van der Waals surface area contributed by atoms with Gasteiger partial charge in [-0.05, 0) is 19.1 Å². The van der Waals surface area contributed by atoms with Gasteiger partial charge in [0.05, 0.1) is 29.5 Å². The first-order valence-corrected chi connectivity index (χ1v) is 6.38. The van der Waals surface area contributed by atoms with Crippen molar-refractivity contribution in [3.63, 3.8) is 0 Å². The Balaban J connectivity index is 2.06. The second-order valence-corrected chi connectivity index (χ2v) is 5.40. The highest BCUT2D eigenvalue weighted by molar-refractivity contribution is 7.15. The van der Waals surface area contributed by atoms with Gasteiger partial charge in [0, 0.05) is 6.20 Å². The Labute approximate surface area is 107 Å². The second kappa shape index (κ2) is 3.93. The smallest absolute Gasteiger partial charge is 0.319 e. The maximum atomic E-state index is 11.4. The zero-order valence-corrected chi connectivity index (χ0v) is 10.6. The van der Waals surface area contributed by atoms with E-state index in [1.165, 1.54) is 11.3 Å². The molecular weight excluding hydrogens is 252 g/mol. The van der Waals surface area contributed by atoms with Crippen molar-refractivity contribution in [2.24, 2.45) is 0 Å². The lowest BCUT2D eigenvalue weighted by atomic mass is 9.83. The summed E-state index contributed by atoms with van der Waals surface area (Å²) in [7, 11) is 0. The summed E-state index contributed by atoms with van der Waals surface area (Å²) in [6.45, 7) is 2.31. The van der Waals surface area contributed by atoms with E-state index in [-0.39, 0.29) is 13.2 Å².